The van der Waals surface area contributed by atoms with E-state index in [2.05, 4.69) is 15.6 Å². The van der Waals surface area contributed by atoms with Gasteiger partial charge in [0.05, 0.1) is 12.6 Å². The van der Waals surface area contributed by atoms with Gasteiger partial charge in [-0.2, -0.15) is 0 Å². The lowest BCUT2D eigenvalue weighted by Crippen LogP contribution is -2.38. The van der Waals surface area contributed by atoms with Gasteiger partial charge < -0.3 is 10.6 Å². The maximum absolute atomic E-state index is 11.8. The van der Waals surface area contributed by atoms with Gasteiger partial charge in [-0.25, -0.2) is 0 Å². The van der Waals surface area contributed by atoms with Gasteiger partial charge in [0.25, 0.3) is 5.91 Å². The van der Waals surface area contributed by atoms with Gasteiger partial charge in [-0.3, -0.25) is 9.79 Å². The Hall–Kier alpha value is -1.84. The van der Waals surface area contributed by atoms with Crippen molar-refractivity contribution in [3.8, 4) is 0 Å². The van der Waals surface area contributed by atoms with Gasteiger partial charge >= 0.3 is 0 Å². The number of nitrogens with zero attached hydrogens (tertiary/aromatic N) is 1. The van der Waals surface area contributed by atoms with Crippen LogP contribution < -0.4 is 10.6 Å². The predicted molar refractivity (Wildman–Crippen MR) is 68.0 cm³/mol. The zero-order valence-corrected chi connectivity index (χ0v) is 10.2. The highest BCUT2D eigenvalue weighted by atomic mass is 16.2. The average Bonchev–Trinajstić information content (AvgIpc) is 2.83. The number of aryl methyl sites for hydroxylation is 1. The first kappa shape index (κ1) is 11.6. The summed E-state index contributed by atoms with van der Waals surface area (Å²) >= 11 is 0. The van der Waals surface area contributed by atoms with Crippen LogP contribution in [0.25, 0.3) is 0 Å². The standard InChI is InChI=1S/C13H17N3O/c1-9-3-5-11(6-4-9)10(2)16-13(17)12-14-7-8-15-12/h3-6,10H,7-8H2,1-2H3,(H,14,15)(H,16,17). The highest BCUT2D eigenvalue weighted by molar-refractivity contribution is 6.38. The van der Waals surface area contributed by atoms with Gasteiger partial charge in [0.15, 0.2) is 5.84 Å². The quantitative estimate of drug-likeness (QED) is 0.820. The molecule has 1 amide bonds. The second kappa shape index (κ2) is 4.99. The molecule has 17 heavy (non-hydrogen) atoms. The molecule has 1 aromatic carbocycles. The summed E-state index contributed by atoms with van der Waals surface area (Å²) in [4.78, 5) is 15.9. The van der Waals surface area contributed by atoms with Crippen molar-refractivity contribution in [1.29, 1.82) is 0 Å². The fraction of sp³-hybridized carbons (Fsp3) is 0.385. The fourth-order valence-electron chi connectivity index (χ4n) is 1.75. The number of carbonyl (C=O) groups excluding carboxylic acids is 1. The summed E-state index contributed by atoms with van der Waals surface area (Å²) in [5.41, 5.74) is 2.32. The molecular formula is C13H17N3O. The van der Waals surface area contributed by atoms with E-state index < -0.39 is 0 Å². The van der Waals surface area contributed by atoms with E-state index in [4.69, 9.17) is 0 Å². The van der Waals surface area contributed by atoms with Crippen molar-refractivity contribution in [3.63, 3.8) is 0 Å². The Kier molecular flexibility index (Phi) is 3.42. The number of amidine groups is 1. The maximum Gasteiger partial charge on any atom is 0.286 e. The molecule has 0 spiro atoms. The Balaban J connectivity index is 1.98. The smallest absolute Gasteiger partial charge is 0.286 e. The third-order valence-corrected chi connectivity index (χ3v) is 2.81. The van der Waals surface area contributed by atoms with Gasteiger partial charge in [-0.1, -0.05) is 29.8 Å². The lowest BCUT2D eigenvalue weighted by atomic mass is 10.1. The molecule has 0 radical (unpaired) electrons. The number of hydrogen-bond donors (Lipinski definition) is 2. The summed E-state index contributed by atoms with van der Waals surface area (Å²) in [7, 11) is 0. The van der Waals surface area contributed by atoms with E-state index in [0.29, 0.717) is 12.4 Å². The Morgan fingerprint density at radius 3 is 2.71 bits per heavy atom. The molecule has 0 aromatic heterocycles. The minimum absolute atomic E-state index is 0.00630. The molecule has 0 aliphatic carbocycles. The van der Waals surface area contributed by atoms with E-state index in [1.54, 1.807) is 0 Å². The van der Waals surface area contributed by atoms with Crippen molar-refractivity contribution in [1.82, 2.24) is 10.6 Å². The molecule has 4 nitrogen and oxygen atoms in total. The van der Waals surface area contributed by atoms with E-state index in [9.17, 15) is 4.79 Å². The molecule has 0 fully saturated rings. The summed E-state index contributed by atoms with van der Waals surface area (Å²) in [6.07, 6.45) is 0. The molecule has 2 rings (SSSR count). The second-order valence-electron chi connectivity index (χ2n) is 4.26. The highest BCUT2D eigenvalue weighted by Crippen LogP contribution is 2.12. The van der Waals surface area contributed by atoms with Gasteiger partial charge in [0, 0.05) is 6.54 Å². The molecule has 90 valence electrons. The molecule has 1 aliphatic heterocycles. The normalized spacial score (nSPS) is 16.0. The van der Waals surface area contributed by atoms with Crippen LogP contribution in [0.3, 0.4) is 0 Å². The summed E-state index contributed by atoms with van der Waals surface area (Å²) < 4.78 is 0. The number of hydrogen-bond acceptors (Lipinski definition) is 3. The van der Waals surface area contributed by atoms with Crippen molar-refractivity contribution < 1.29 is 4.79 Å². The summed E-state index contributed by atoms with van der Waals surface area (Å²) in [5.74, 6) is 0.319. The number of benzene rings is 1. The summed E-state index contributed by atoms with van der Waals surface area (Å²) in [6, 6.07) is 8.15. The van der Waals surface area contributed by atoms with Crippen LogP contribution in [0.1, 0.15) is 24.1 Å². The van der Waals surface area contributed by atoms with Crippen LogP contribution in [0, 0.1) is 6.92 Å². The monoisotopic (exact) mass is 231 g/mol. The molecule has 0 bridgehead atoms. The van der Waals surface area contributed by atoms with E-state index in [-0.39, 0.29) is 11.9 Å². The van der Waals surface area contributed by atoms with Crippen molar-refractivity contribution in [2.45, 2.75) is 19.9 Å². The Morgan fingerprint density at radius 1 is 1.41 bits per heavy atom. The molecule has 1 atom stereocenters. The average molecular weight is 231 g/mol. The Morgan fingerprint density at radius 2 is 2.12 bits per heavy atom. The second-order valence-corrected chi connectivity index (χ2v) is 4.26. The molecule has 0 saturated heterocycles. The number of aliphatic imine (C=N–C) groups is 1. The van der Waals surface area contributed by atoms with Crippen LogP contribution in [0.15, 0.2) is 29.3 Å². The molecule has 1 unspecified atom stereocenters. The first-order valence-corrected chi connectivity index (χ1v) is 5.82. The molecule has 2 N–H and O–H groups in total. The number of rotatable bonds is 3. The molecule has 1 heterocycles. The first-order valence-electron chi connectivity index (χ1n) is 5.82. The molecular weight excluding hydrogens is 214 g/mol. The van der Waals surface area contributed by atoms with Crippen LogP contribution in [0.2, 0.25) is 0 Å². The molecule has 0 saturated carbocycles. The van der Waals surface area contributed by atoms with Crippen molar-refractivity contribution in [3.05, 3.63) is 35.4 Å². The molecule has 4 heteroatoms. The Labute approximate surface area is 101 Å². The van der Waals surface area contributed by atoms with Gasteiger partial charge in [0.1, 0.15) is 0 Å². The number of amides is 1. The first-order chi connectivity index (χ1) is 8.16. The summed E-state index contributed by atoms with van der Waals surface area (Å²) in [5, 5.41) is 5.89. The zero-order chi connectivity index (χ0) is 12.3. The van der Waals surface area contributed by atoms with Gasteiger partial charge in [0.2, 0.25) is 0 Å². The highest BCUT2D eigenvalue weighted by Gasteiger charge is 2.17. The number of carbonyl (C=O) groups is 1. The molecule has 1 aromatic rings. The van der Waals surface area contributed by atoms with E-state index in [0.717, 1.165) is 12.1 Å². The Bertz CT molecular complexity index is 436. The van der Waals surface area contributed by atoms with E-state index in [1.165, 1.54) is 5.56 Å². The predicted octanol–water partition coefficient (Wildman–Crippen LogP) is 1.17. The lowest BCUT2D eigenvalue weighted by molar-refractivity contribution is -0.115. The summed E-state index contributed by atoms with van der Waals surface area (Å²) in [6.45, 7) is 5.45. The van der Waals surface area contributed by atoms with E-state index in [1.807, 2.05) is 38.1 Å². The van der Waals surface area contributed by atoms with Crippen molar-refractivity contribution in [2.24, 2.45) is 4.99 Å². The number of nitrogens with one attached hydrogen (secondary N) is 2. The minimum atomic E-state index is -0.129. The maximum atomic E-state index is 11.8. The zero-order valence-electron chi connectivity index (χ0n) is 10.2. The third-order valence-electron chi connectivity index (χ3n) is 2.81. The van der Waals surface area contributed by atoms with Gasteiger partial charge in [-0.05, 0) is 19.4 Å². The molecule has 1 aliphatic rings. The van der Waals surface area contributed by atoms with Crippen LogP contribution in [-0.2, 0) is 4.79 Å². The van der Waals surface area contributed by atoms with Crippen molar-refractivity contribution in [2.75, 3.05) is 13.1 Å². The van der Waals surface area contributed by atoms with Crippen LogP contribution in [0.5, 0.6) is 0 Å². The van der Waals surface area contributed by atoms with Crippen LogP contribution in [-0.4, -0.2) is 24.8 Å². The van der Waals surface area contributed by atoms with E-state index >= 15 is 0 Å². The van der Waals surface area contributed by atoms with Crippen LogP contribution >= 0.6 is 0 Å². The minimum Gasteiger partial charge on any atom is -0.364 e. The lowest BCUT2D eigenvalue weighted by Gasteiger charge is -2.14. The largest absolute Gasteiger partial charge is 0.364 e. The topological polar surface area (TPSA) is 53.5 Å². The fourth-order valence-corrected chi connectivity index (χ4v) is 1.75. The third kappa shape index (κ3) is 2.84. The van der Waals surface area contributed by atoms with Crippen molar-refractivity contribution >= 4 is 11.7 Å². The van der Waals surface area contributed by atoms with Crippen LogP contribution in [0.4, 0.5) is 0 Å². The van der Waals surface area contributed by atoms with Gasteiger partial charge in [-0.15, -0.1) is 0 Å². The SMILES string of the molecule is Cc1ccc(C(C)NC(=O)C2=NCCN2)cc1.